The molecule has 3 heteroatoms. The lowest BCUT2D eigenvalue weighted by atomic mass is 9.81. The van der Waals surface area contributed by atoms with Crippen molar-refractivity contribution in [1.82, 2.24) is 0 Å². The number of hydrogen-bond donors (Lipinski definition) is 0. The molecule has 0 aliphatic carbocycles. The monoisotopic (exact) mass is 262 g/mol. The maximum Gasteiger partial charge on any atom is 0.184 e. The van der Waals surface area contributed by atoms with E-state index in [0.29, 0.717) is 0 Å². The van der Waals surface area contributed by atoms with Crippen molar-refractivity contribution in [2.75, 3.05) is 13.2 Å². The number of benzene rings is 1. The van der Waals surface area contributed by atoms with Crippen LogP contribution in [0.15, 0.2) is 30.3 Å². The topological polar surface area (TPSA) is 27.7 Å². The van der Waals surface area contributed by atoms with Crippen LogP contribution >= 0.6 is 0 Å². The summed E-state index contributed by atoms with van der Waals surface area (Å²) in [6.45, 7) is 5.82. The van der Waals surface area contributed by atoms with Crippen LogP contribution in [0.2, 0.25) is 0 Å². The molecule has 2 aliphatic heterocycles. The van der Waals surface area contributed by atoms with Crippen LogP contribution in [0.1, 0.15) is 45.0 Å². The van der Waals surface area contributed by atoms with E-state index in [0.717, 1.165) is 38.0 Å². The molecule has 104 valence electrons. The SMILES string of the molecule is CC1(C)CC2(CCOC(c3ccccc3)O2)CCO1. The van der Waals surface area contributed by atoms with Gasteiger partial charge in [-0.15, -0.1) is 0 Å². The average Bonchev–Trinajstić information content (AvgIpc) is 2.38. The molecule has 3 rings (SSSR count). The Morgan fingerprint density at radius 1 is 1.05 bits per heavy atom. The Balaban J connectivity index is 1.78. The first-order valence-electron chi connectivity index (χ1n) is 7.07. The van der Waals surface area contributed by atoms with Gasteiger partial charge >= 0.3 is 0 Å². The molecule has 1 spiro atoms. The van der Waals surface area contributed by atoms with Gasteiger partial charge in [0.1, 0.15) is 0 Å². The van der Waals surface area contributed by atoms with Crippen molar-refractivity contribution in [3.05, 3.63) is 35.9 Å². The fourth-order valence-corrected chi connectivity index (χ4v) is 3.19. The Hall–Kier alpha value is -0.900. The zero-order chi connectivity index (χ0) is 13.3. The van der Waals surface area contributed by atoms with E-state index in [4.69, 9.17) is 14.2 Å². The normalized spacial score (nSPS) is 34.3. The maximum atomic E-state index is 6.33. The van der Waals surface area contributed by atoms with E-state index in [1.807, 2.05) is 18.2 Å². The molecule has 2 atom stereocenters. The van der Waals surface area contributed by atoms with E-state index in [1.54, 1.807) is 0 Å². The van der Waals surface area contributed by atoms with Gasteiger partial charge in [-0.1, -0.05) is 30.3 Å². The first-order valence-corrected chi connectivity index (χ1v) is 7.07. The second kappa shape index (κ2) is 4.89. The van der Waals surface area contributed by atoms with Crippen molar-refractivity contribution in [3.8, 4) is 0 Å². The minimum atomic E-state index is -0.233. The summed E-state index contributed by atoms with van der Waals surface area (Å²) in [5.74, 6) is 0. The fraction of sp³-hybridized carbons (Fsp3) is 0.625. The molecule has 3 nitrogen and oxygen atoms in total. The molecule has 0 N–H and O–H groups in total. The van der Waals surface area contributed by atoms with E-state index in [2.05, 4.69) is 26.0 Å². The minimum Gasteiger partial charge on any atom is -0.375 e. The Morgan fingerprint density at radius 2 is 1.79 bits per heavy atom. The minimum absolute atomic E-state index is 0.0828. The van der Waals surface area contributed by atoms with E-state index in [9.17, 15) is 0 Å². The van der Waals surface area contributed by atoms with Gasteiger partial charge in [-0.25, -0.2) is 0 Å². The summed E-state index contributed by atoms with van der Waals surface area (Å²) in [4.78, 5) is 0. The molecule has 2 heterocycles. The van der Waals surface area contributed by atoms with Crippen molar-refractivity contribution in [1.29, 1.82) is 0 Å². The molecule has 1 aromatic carbocycles. The van der Waals surface area contributed by atoms with Gasteiger partial charge in [-0.3, -0.25) is 0 Å². The lowest BCUT2D eigenvalue weighted by molar-refractivity contribution is -0.293. The zero-order valence-electron chi connectivity index (χ0n) is 11.7. The fourth-order valence-electron chi connectivity index (χ4n) is 3.19. The highest BCUT2D eigenvalue weighted by Gasteiger charge is 2.45. The van der Waals surface area contributed by atoms with Crippen molar-refractivity contribution in [2.45, 2.75) is 50.6 Å². The Kier molecular flexibility index (Phi) is 3.37. The van der Waals surface area contributed by atoms with Gasteiger partial charge < -0.3 is 14.2 Å². The average molecular weight is 262 g/mol. The predicted molar refractivity (Wildman–Crippen MR) is 72.8 cm³/mol. The Morgan fingerprint density at radius 3 is 2.53 bits per heavy atom. The molecule has 0 amide bonds. The van der Waals surface area contributed by atoms with Gasteiger partial charge in [0.2, 0.25) is 0 Å². The van der Waals surface area contributed by atoms with Crippen molar-refractivity contribution in [2.24, 2.45) is 0 Å². The van der Waals surface area contributed by atoms with E-state index >= 15 is 0 Å². The van der Waals surface area contributed by atoms with Crippen LogP contribution in [0.4, 0.5) is 0 Å². The molecule has 0 bridgehead atoms. The third-order valence-electron chi connectivity index (χ3n) is 4.05. The van der Waals surface area contributed by atoms with E-state index in [1.165, 1.54) is 0 Å². The van der Waals surface area contributed by atoms with E-state index < -0.39 is 0 Å². The summed E-state index contributed by atoms with van der Waals surface area (Å²) in [6.07, 6.45) is 2.63. The first-order chi connectivity index (χ1) is 9.09. The molecule has 2 aliphatic rings. The molecule has 19 heavy (non-hydrogen) atoms. The molecule has 0 saturated carbocycles. The van der Waals surface area contributed by atoms with Crippen LogP contribution in [-0.4, -0.2) is 24.4 Å². The van der Waals surface area contributed by atoms with Crippen LogP contribution in [0, 0.1) is 0 Å². The molecule has 2 fully saturated rings. The standard InChI is InChI=1S/C16H22O3/c1-15(2)12-16(9-11-18-15)8-10-17-14(19-16)13-6-4-3-5-7-13/h3-7,14H,8-12H2,1-2H3. The molecular formula is C16H22O3. The van der Waals surface area contributed by atoms with Crippen molar-refractivity contribution >= 4 is 0 Å². The van der Waals surface area contributed by atoms with Crippen molar-refractivity contribution in [3.63, 3.8) is 0 Å². The van der Waals surface area contributed by atoms with Gasteiger partial charge in [0.05, 0.1) is 24.4 Å². The summed E-state index contributed by atoms with van der Waals surface area (Å²) in [5, 5.41) is 0. The third-order valence-corrected chi connectivity index (χ3v) is 4.05. The third kappa shape index (κ3) is 2.83. The molecule has 2 unspecified atom stereocenters. The molecule has 2 saturated heterocycles. The lowest BCUT2D eigenvalue weighted by Gasteiger charge is -2.48. The van der Waals surface area contributed by atoms with E-state index in [-0.39, 0.29) is 17.5 Å². The van der Waals surface area contributed by atoms with Crippen LogP contribution in [0.3, 0.4) is 0 Å². The summed E-state index contributed by atoms with van der Waals surface area (Å²) < 4.78 is 17.9. The summed E-state index contributed by atoms with van der Waals surface area (Å²) in [5.41, 5.74) is 0.919. The zero-order valence-corrected chi connectivity index (χ0v) is 11.7. The Bertz CT molecular complexity index is 425. The predicted octanol–water partition coefficient (Wildman–Crippen LogP) is 3.45. The highest BCUT2D eigenvalue weighted by Crippen LogP contribution is 2.43. The summed E-state index contributed by atoms with van der Waals surface area (Å²) in [7, 11) is 0. The molecular weight excluding hydrogens is 240 g/mol. The van der Waals surface area contributed by atoms with Crippen LogP contribution in [-0.2, 0) is 14.2 Å². The number of hydrogen-bond acceptors (Lipinski definition) is 3. The van der Waals surface area contributed by atoms with Gasteiger partial charge in [0.15, 0.2) is 6.29 Å². The van der Waals surface area contributed by atoms with Crippen LogP contribution in [0.5, 0.6) is 0 Å². The van der Waals surface area contributed by atoms with Gasteiger partial charge in [-0.05, 0) is 13.8 Å². The summed E-state index contributed by atoms with van der Waals surface area (Å²) >= 11 is 0. The highest BCUT2D eigenvalue weighted by molar-refractivity contribution is 5.16. The largest absolute Gasteiger partial charge is 0.375 e. The second-order valence-electron chi connectivity index (χ2n) is 6.20. The molecule has 1 aromatic rings. The molecule has 0 aromatic heterocycles. The van der Waals surface area contributed by atoms with Gasteiger partial charge in [-0.2, -0.15) is 0 Å². The van der Waals surface area contributed by atoms with Gasteiger partial charge in [0, 0.05) is 24.8 Å². The number of rotatable bonds is 1. The van der Waals surface area contributed by atoms with Gasteiger partial charge in [0.25, 0.3) is 0 Å². The quantitative estimate of drug-likeness (QED) is 0.776. The van der Waals surface area contributed by atoms with Crippen molar-refractivity contribution < 1.29 is 14.2 Å². The maximum absolute atomic E-state index is 6.33. The lowest BCUT2D eigenvalue weighted by Crippen LogP contribution is -2.50. The number of ether oxygens (including phenoxy) is 3. The molecule has 0 radical (unpaired) electrons. The second-order valence-corrected chi connectivity index (χ2v) is 6.20. The smallest absolute Gasteiger partial charge is 0.184 e. The first kappa shape index (κ1) is 13.1. The Labute approximate surface area is 114 Å². The summed E-state index contributed by atoms with van der Waals surface area (Å²) in [6, 6.07) is 10.2. The van der Waals surface area contributed by atoms with Crippen LogP contribution < -0.4 is 0 Å². The van der Waals surface area contributed by atoms with Crippen LogP contribution in [0.25, 0.3) is 0 Å². The highest BCUT2D eigenvalue weighted by atomic mass is 16.7.